The number of nitrogens with zero attached hydrogens (tertiary/aromatic N) is 3. The van der Waals surface area contributed by atoms with Gasteiger partial charge in [-0.15, -0.1) is 10.2 Å². The topological polar surface area (TPSA) is 127 Å². The third-order valence-corrected chi connectivity index (χ3v) is 6.37. The largest absolute Gasteiger partial charge is 0.497 e. The molecule has 1 aliphatic heterocycles. The number of hydrogen-bond donors (Lipinski definition) is 2. The molecule has 0 bridgehead atoms. The summed E-state index contributed by atoms with van der Waals surface area (Å²) in [5.41, 5.74) is 0.573. The molecule has 34 heavy (non-hydrogen) atoms. The first kappa shape index (κ1) is 23.4. The molecular formula is C23H25N5O5S. The molecule has 1 saturated heterocycles. The number of piperidine rings is 1. The third-order valence-electron chi connectivity index (χ3n) is 5.46. The number of anilines is 1. The van der Waals surface area contributed by atoms with Crippen molar-refractivity contribution in [1.29, 1.82) is 0 Å². The summed E-state index contributed by atoms with van der Waals surface area (Å²) in [5, 5.41) is 13.6. The fraction of sp³-hybridized carbons (Fsp3) is 0.348. The van der Waals surface area contributed by atoms with Crippen LogP contribution in [0.4, 0.5) is 5.69 Å². The number of furan rings is 1. The van der Waals surface area contributed by atoms with Crippen LogP contribution in [0.5, 0.6) is 5.75 Å². The zero-order valence-electron chi connectivity index (χ0n) is 18.9. The van der Waals surface area contributed by atoms with E-state index in [1.807, 2.05) is 19.1 Å². The molecule has 3 amide bonds. The zero-order valence-corrected chi connectivity index (χ0v) is 19.7. The highest BCUT2D eigenvalue weighted by atomic mass is 32.1. The van der Waals surface area contributed by atoms with Crippen molar-refractivity contribution in [1.82, 2.24) is 20.4 Å². The SMILES string of the molecule is COc1ccc(NC(=O)c2nnc(C(=O)N3CCCC(C(=O)NCc4ccc(C)o4)C3)s2)cc1. The number of benzene rings is 1. The predicted octanol–water partition coefficient (Wildman–Crippen LogP) is 2.87. The first-order valence-electron chi connectivity index (χ1n) is 10.8. The Morgan fingerprint density at radius 1 is 1.15 bits per heavy atom. The highest BCUT2D eigenvalue weighted by Gasteiger charge is 2.31. The molecule has 10 nitrogen and oxygen atoms in total. The van der Waals surface area contributed by atoms with Crippen molar-refractivity contribution < 1.29 is 23.5 Å². The molecule has 2 N–H and O–H groups in total. The van der Waals surface area contributed by atoms with E-state index in [1.54, 1.807) is 36.3 Å². The van der Waals surface area contributed by atoms with Crippen LogP contribution in [0.1, 0.15) is 44.0 Å². The van der Waals surface area contributed by atoms with Crippen molar-refractivity contribution in [3.05, 3.63) is 57.9 Å². The zero-order chi connectivity index (χ0) is 24.1. The Labute approximate surface area is 200 Å². The lowest BCUT2D eigenvalue weighted by atomic mass is 9.97. The molecule has 11 heteroatoms. The van der Waals surface area contributed by atoms with Gasteiger partial charge in [0.05, 0.1) is 19.6 Å². The normalized spacial score (nSPS) is 15.6. The van der Waals surface area contributed by atoms with Gasteiger partial charge in [-0.2, -0.15) is 0 Å². The molecule has 1 fully saturated rings. The number of ether oxygens (including phenoxy) is 1. The smallest absolute Gasteiger partial charge is 0.286 e. The van der Waals surface area contributed by atoms with Gasteiger partial charge in [-0.05, 0) is 56.2 Å². The van der Waals surface area contributed by atoms with Crippen molar-refractivity contribution in [2.24, 2.45) is 5.92 Å². The Morgan fingerprint density at radius 2 is 1.91 bits per heavy atom. The standard InChI is InChI=1S/C23H25N5O5S/c1-14-5-8-18(33-14)12-24-19(29)15-4-3-11-28(13-15)23(31)22-27-26-21(34-22)20(30)25-16-6-9-17(32-2)10-7-16/h5-10,15H,3-4,11-13H2,1-2H3,(H,24,29)(H,25,30). The van der Waals surface area contributed by atoms with Crippen molar-refractivity contribution in [2.75, 3.05) is 25.5 Å². The van der Waals surface area contributed by atoms with Crippen LogP contribution >= 0.6 is 11.3 Å². The molecule has 0 saturated carbocycles. The molecule has 1 unspecified atom stereocenters. The highest BCUT2D eigenvalue weighted by molar-refractivity contribution is 7.15. The van der Waals surface area contributed by atoms with Crippen LogP contribution in [0.25, 0.3) is 0 Å². The van der Waals surface area contributed by atoms with E-state index < -0.39 is 5.91 Å². The molecule has 1 atom stereocenters. The second-order valence-electron chi connectivity index (χ2n) is 7.92. The molecule has 0 spiro atoms. The van der Waals surface area contributed by atoms with E-state index in [1.165, 1.54) is 0 Å². The van der Waals surface area contributed by atoms with E-state index in [-0.39, 0.29) is 34.3 Å². The van der Waals surface area contributed by atoms with Gasteiger partial charge in [0, 0.05) is 18.8 Å². The first-order valence-corrected chi connectivity index (χ1v) is 11.7. The van der Waals surface area contributed by atoms with E-state index in [0.717, 1.165) is 17.1 Å². The Balaban J connectivity index is 1.33. The number of amides is 3. The second kappa shape index (κ2) is 10.5. The van der Waals surface area contributed by atoms with E-state index in [2.05, 4.69) is 20.8 Å². The Hall–Kier alpha value is -3.73. The summed E-state index contributed by atoms with van der Waals surface area (Å²) in [5.74, 6) is 0.914. The summed E-state index contributed by atoms with van der Waals surface area (Å²) in [6, 6.07) is 10.5. The van der Waals surface area contributed by atoms with Gasteiger partial charge in [-0.3, -0.25) is 14.4 Å². The van der Waals surface area contributed by atoms with Crippen molar-refractivity contribution in [2.45, 2.75) is 26.3 Å². The van der Waals surface area contributed by atoms with Crippen molar-refractivity contribution in [3.63, 3.8) is 0 Å². The summed E-state index contributed by atoms with van der Waals surface area (Å²) in [7, 11) is 1.56. The van der Waals surface area contributed by atoms with Crippen LogP contribution < -0.4 is 15.4 Å². The van der Waals surface area contributed by atoms with Gasteiger partial charge < -0.3 is 24.7 Å². The number of carbonyl (C=O) groups is 3. The van der Waals surface area contributed by atoms with Gasteiger partial charge in [0.25, 0.3) is 11.8 Å². The predicted molar refractivity (Wildman–Crippen MR) is 125 cm³/mol. The number of nitrogens with one attached hydrogen (secondary N) is 2. The minimum absolute atomic E-state index is 0.0826. The van der Waals surface area contributed by atoms with E-state index in [4.69, 9.17) is 9.15 Å². The molecule has 0 aliphatic carbocycles. The van der Waals surface area contributed by atoms with Gasteiger partial charge >= 0.3 is 0 Å². The summed E-state index contributed by atoms with van der Waals surface area (Å²) >= 11 is 0.926. The van der Waals surface area contributed by atoms with E-state index >= 15 is 0 Å². The van der Waals surface area contributed by atoms with Crippen LogP contribution in [-0.2, 0) is 11.3 Å². The van der Waals surface area contributed by atoms with Crippen LogP contribution in [0, 0.1) is 12.8 Å². The van der Waals surface area contributed by atoms with Gasteiger partial charge in [0.15, 0.2) is 0 Å². The van der Waals surface area contributed by atoms with Crippen LogP contribution in [0.2, 0.25) is 0 Å². The van der Waals surface area contributed by atoms with Gasteiger partial charge in [-0.1, -0.05) is 11.3 Å². The second-order valence-corrected chi connectivity index (χ2v) is 8.89. The Morgan fingerprint density at radius 3 is 2.62 bits per heavy atom. The minimum atomic E-state index is -0.453. The monoisotopic (exact) mass is 483 g/mol. The highest BCUT2D eigenvalue weighted by Crippen LogP contribution is 2.22. The van der Waals surface area contributed by atoms with Crippen LogP contribution in [0.15, 0.2) is 40.8 Å². The van der Waals surface area contributed by atoms with Crippen LogP contribution in [0.3, 0.4) is 0 Å². The molecule has 1 aromatic carbocycles. The number of hydrogen-bond acceptors (Lipinski definition) is 8. The molecule has 0 radical (unpaired) electrons. The van der Waals surface area contributed by atoms with Crippen molar-refractivity contribution >= 4 is 34.7 Å². The maximum absolute atomic E-state index is 13.0. The van der Waals surface area contributed by atoms with Gasteiger partial charge in [-0.25, -0.2) is 0 Å². The molecule has 3 aromatic rings. The summed E-state index contributed by atoms with van der Waals surface area (Å²) in [4.78, 5) is 39.7. The number of rotatable bonds is 7. The lowest BCUT2D eigenvalue weighted by Crippen LogP contribution is -2.45. The summed E-state index contributed by atoms with van der Waals surface area (Å²) in [6.45, 7) is 2.96. The minimum Gasteiger partial charge on any atom is -0.497 e. The number of carbonyl (C=O) groups excluding carboxylic acids is 3. The Kier molecular flexibility index (Phi) is 7.21. The van der Waals surface area contributed by atoms with Gasteiger partial charge in [0.1, 0.15) is 17.3 Å². The van der Waals surface area contributed by atoms with Crippen LogP contribution in [-0.4, -0.2) is 53.0 Å². The lowest BCUT2D eigenvalue weighted by Gasteiger charge is -2.31. The van der Waals surface area contributed by atoms with Gasteiger partial charge in [0.2, 0.25) is 15.9 Å². The lowest BCUT2D eigenvalue weighted by molar-refractivity contribution is -0.126. The van der Waals surface area contributed by atoms with E-state index in [0.29, 0.717) is 43.1 Å². The summed E-state index contributed by atoms with van der Waals surface area (Å²) < 4.78 is 10.6. The fourth-order valence-corrected chi connectivity index (χ4v) is 4.38. The Bertz CT molecular complexity index is 1170. The molecule has 2 aromatic heterocycles. The maximum atomic E-state index is 13.0. The first-order chi connectivity index (χ1) is 16.4. The molecular weight excluding hydrogens is 458 g/mol. The summed E-state index contributed by atoms with van der Waals surface area (Å²) in [6.07, 6.45) is 1.39. The number of likely N-dealkylation sites (tertiary alicyclic amines) is 1. The average molecular weight is 484 g/mol. The fourth-order valence-electron chi connectivity index (χ4n) is 3.67. The molecule has 178 valence electrons. The quantitative estimate of drug-likeness (QED) is 0.529. The van der Waals surface area contributed by atoms with Crippen molar-refractivity contribution in [3.8, 4) is 5.75 Å². The van der Waals surface area contributed by atoms with E-state index in [9.17, 15) is 14.4 Å². The maximum Gasteiger partial charge on any atom is 0.286 e. The third kappa shape index (κ3) is 5.60. The average Bonchev–Trinajstić information content (AvgIpc) is 3.52. The molecule has 4 rings (SSSR count). The number of aromatic nitrogens is 2. The molecule has 3 heterocycles. The number of methoxy groups -OCH3 is 1. The number of aryl methyl sites for hydroxylation is 1. The molecule has 1 aliphatic rings.